The van der Waals surface area contributed by atoms with Crippen LogP contribution in [-0.4, -0.2) is 4.98 Å². The smallest absolute Gasteiger partial charge is 0.145 e. The van der Waals surface area contributed by atoms with Gasteiger partial charge in [-0.25, -0.2) is 4.98 Å². The van der Waals surface area contributed by atoms with Gasteiger partial charge in [-0.1, -0.05) is 18.2 Å². The van der Waals surface area contributed by atoms with Crippen molar-refractivity contribution in [2.24, 2.45) is 0 Å². The lowest BCUT2D eigenvalue weighted by Crippen LogP contribution is -2.04. The van der Waals surface area contributed by atoms with E-state index in [9.17, 15) is 0 Å². The number of pyridine rings is 1. The zero-order valence-corrected chi connectivity index (χ0v) is 10.5. The molecule has 0 atom stereocenters. The monoisotopic (exact) mass is 248 g/mol. The number of nitrogens with one attached hydrogen (secondary N) is 1. The van der Waals surface area contributed by atoms with Crippen molar-refractivity contribution < 1.29 is 0 Å². The summed E-state index contributed by atoms with van der Waals surface area (Å²) in [5.41, 5.74) is 3.55. The van der Waals surface area contributed by atoms with Crippen LogP contribution in [0, 0.1) is 29.6 Å². The summed E-state index contributed by atoms with van der Waals surface area (Å²) in [5, 5.41) is 21.3. The molecule has 1 N–H and O–H groups in total. The maximum atomic E-state index is 9.14. The van der Waals surface area contributed by atoms with Gasteiger partial charge >= 0.3 is 0 Å². The van der Waals surface area contributed by atoms with Gasteiger partial charge in [0.15, 0.2) is 0 Å². The quantitative estimate of drug-likeness (QED) is 0.906. The van der Waals surface area contributed by atoms with Crippen molar-refractivity contribution in [3.05, 3.63) is 58.9 Å². The van der Waals surface area contributed by atoms with Gasteiger partial charge in [-0.05, 0) is 24.6 Å². The Bertz CT molecular complexity index is 677. The minimum Gasteiger partial charge on any atom is -0.380 e. The predicted molar refractivity (Wildman–Crippen MR) is 72.2 cm³/mol. The lowest BCUT2D eigenvalue weighted by molar-refractivity contribution is 1.09. The molecule has 1 aromatic heterocycles. The fraction of sp³-hybridized carbons (Fsp3) is 0.133. The molecule has 4 nitrogen and oxygen atoms in total. The van der Waals surface area contributed by atoms with Crippen LogP contribution in [0.3, 0.4) is 0 Å². The maximum absolute atomic E-state index is 9.14. The van der Waals surface area contributed by atoms with Crippen LogP contribution in [0.1, 0.15) is 22.4 Å². The molecule has 0 spiro atoms. The Morgan fingerprint density at radius 3 is 2.74 bits per heavy atom. The lowest BCUT2D eigenvalue weighted by Gasteiger charge is -2.10. The van der Waals surface area contributed by atoms with Crippen molar-refractivity contribution in [2.75, 3.05) is 5.32 Å². The molecule has 2 rings (SSSR count). The van der Waals surface area contributed by atoms with Gasteiger partial charge < -0.3 is 5.32 Å². The van der Waals surface area contributed by atoms with Crippen molar-refractivity contribution in [3.63, 3.8) is 0 Å². The van der Waals surface area contributed by atoms with Crippen LogP contribution in [-0.2, 0) is 6.54 Å². The zero-order chi connectivity index (χ0) is 13.7. The number of benzene rings is 1. The Morgan fingerprint density at radius 1 is 1.16 bits per heavy atom. The molecule has 0 saturated heterocycles. The average molecular weight is 248 g/mol. The van der Waals surface area contributed by atoms with Crippen LogP contribution in [0.2, 0.25) is 0 Å². The Balaban J connectivity index is 2.23. The average Bonchev–Trinajstić information content (AvgIpc) is 2.45. The molecule has 1 aromatic carbocycles. The molecular formula is C15H12N4. The van der Waals surface area contributed by atoms with Gasteiger partial charge in [0.2, 0.25) is 0 Å². The molecule has 0 aliphatic heterocycles. The highest BCUT2D eigenvalue weighted by Gasteiger charge is 2.06. The van der Waals surface area contributed by atoms with Gasteiger partial charge in [0, 0.05) is 18.3 Å². The third-order valence-electron chi connectivity index (χ3n) is 2.85. The second-order valence-corrected chi connectivity index (χ2v) is 4.09. The Hall–Kier alpha value is -2.85. The van der Waals surface area contributed by atoms with Crippen LogP contribution in [0.15, 0.2) is 36.5 Å². The molecule has 0 aliphatic carbocycles. The van der Waals surface area contributed by atoms with Gasteiger partial charge in [0.25, 0.3) is 0 Å². The highest BCUT2D eigenvalue weighted by molar-refractivity contribution is 5.60. The van der Waals surface area contributed by atoms with E-state index in [-0.39, 0.29) is 0 Å². The number of nitriles is 2. The van der Waals surface area contributed by atoms with Crippen LogP contribution in [0.4, 0.5) is 5.69 Å². The van der Waals surface area contributed by atoms with E-state index in [1.54, 1.807) is 12.3 Å². The molecule has 1 heterocycles. The number of aryl methyl sites for hydroxylation is 1. The molecule has 0 fully saturated rings. The Morgan fingerprint density at radius 2 is 2.00 bits per heavy atom. The summed E-state index contributed by atoms with van der Waals surface area (Å²) in [6, 6.07) is 13.5. The van der Waals surface area contributed by atoms with Crippen molar-refractivity contribution in [2.45, 2.75) is 13.5 Å². The second kappa shape index (κ2) is 5.66. The van der Waals surface area contributed by atoms with Crippen molar-refractivity contribution in [3.8, 4) is 12.1 Å². The molecule has 2 aromatic rings. The number of hydrogen-bond donors (Lipinski definition) is 1. The third-order valence-corrected chi connectivity index (χ3v) is 2.85. The fourth-order valence-corrected chi connectivity index (χ4v) is 1.84. The number of hydrogen-bond acceptors (Lipinski definition) is 4. The van der Waals surface area contributed by atoms with E-state index in [1.807, 2.05) is 31.2 Å². The van der Waals surface area contributed by atoms with Crippen LogP contribution >= 0.6 is 0 Å². The van der Waals surface area contributed by atoms with Crippen LogP contribution < -0.4 is 5.32 Å². The van der Waals surface area contributed by atoms with Gasteiger partial charge in [-0.3, -0.25) is 0 Å². The first-order valence-corrected chi connectivity index (χ1v) is 5.84. The number of aromatic nitrogens is 1. The highest BCUT2D eigenvalue weighted by atomic mass is 14.9. The van der Waals surface area contributed by atoms with Gasteiger partial charge in [0.1, 0.15) is 17.8 Å². The van der Waals surface area contributed by atoms with Crippen molar-refractivity contribution in [1.82, 2.24) is 4.98 Å². The molecule has 4 heteroatoms. The molecule has 0 amide bonds. The second-order valence-electron chi connectivity index (χ2n) is 4.09. The first kappa shape index (κ1) is 12.6. The Labute approximate surface area is 112 Å². The SMILES string of the molecule is Cc1cccc(NCc2cccnc2C#N)c1C#N. The van der Waals surface area contributed by atoms with E-state index in [0.29, 0.717) is 17.8 Å². The summed E-state index contributed by atoms with van der Waals surface area (Å²) < 4.78 is 0. The first-order valence-electron chi connectivity index (χ1n) is 5.84. The molecule has 92 valence electrons. The minimum absolute atomic E-state index is 0.404. The van der Waals surface area contributed by atoms with Gasteiger partial charge in [-0.2, -0.15) is 10.5 Å². The van der Waals surface area contributed by atoms with Crippen LogP contribution in [0.25, 0.3) is 0 Å². The zero-order valence-electron chi connectivity index (χ0n) is 10.5. The van der Waals surface area contributed by atoms with E-state index < -0.39 is 0 Å². The summed E-state index contributed by atoms with van der Waals surface area (Å²) in [6.07, 6.45) is 1.59. The molecular weight excluding hydrogens is 236 g/mol. The topological polar surface area (TPSA) is 72.5 Å². The van der Waals surface area contributed by atoms with Crippen molar-refractivity contribution >= 4 is 5.69 Å². The third kappa shape index (κ3) is 2.70. The number of rotatable bonds is 3. The highest BCUT2D eigenvalue weighted by Crippen LogP contribution is 2.19. The maximum Gasteiger partial charge on any atom is 0.145 e. The largest absolute Gasteiger partial charge is 0.380 e. The van der Waals surface area contributed by atoms with E-state index in [2.05, 4.69) is 22.4 Å². The van der Waals surface area contributed by atoms with E-state index in [0.717, 1.165) is 16.8 Å². The van der Waals surface area contributed by atoms with Gasteiger partial charge in [-0.15, -0.1) is 0 Å². The van der Waals surface area contributed by atoms with Crippen LogP contribution in [0.5, 0.6) is 0 Å². The first-order chi connectivity index (χ1) is 9.26. The van der Waals surface area contributed by atoms with E-state index in [4.69, 9.17) is 10.5 Å². The number of anilines is 1. The van der Waals surface area contributed by atoms with Gasteiger partial charge in [0.05, 0.1) is 11.3 Å². The molecule has 0 bridgehead atoms. The predicted octanol–water partition coefficient (Wildman–Crippen LogP) is 2.75. The summed E-state index contributed by atoms with van der Waals surface area (Å²) in [4.78, 5) is 4.00. The normalized spacial score (nSPS) is 9.42. The fourth-order valence-electron chi connectivity index (χ4n) is 1.84. The Kier molecular flexibility index (Phi) is 3.75. The van der Waals surface area contributed by atoms with E-state index >= 15 is 0 Å². The molecule has 0 radical (unpaired) electrons. The molecule has 0 unspecified atom stereocenters. The summed E-state index contributed by atoms with van der Waals surface area (Å²) in [6.45, 7) is 2.36. The van der Waals surface area contributed by atoms with E-state index in [1.165, 1.54) is 0 Å². The summed E-state index contributed by atoms with van der Waals surface area (Å²) in [5.74, 6) is 0. The van der Waals surface area contributed by atoms with Crippen molar-refractivity contribution in [1.29, 1.82) is 10.5 Å². The minimum atomic E-state index is 0.404. The standard InChI is InChI=1S/C15H12N4/c1-11-4-2-6-14(13(11)8-16)19-10-12-5-3-7-18-15(12)9-17/h2-7,19H,10H2,1H3. The lowest BCUT2D eigenvalue weighted by atomic mass is 10.1. The molecule has 19 heavy (non-hydrogen) atoms. The summed E-state index contributed by atoms with van der Waals surface area (Å²) in [7, 11) is 0. The summed E-state index contributed by atoms with van der Waals surface area (Å²) >= 11 is 0. The molecule has 0 saturated carbocycles. The molecule has 0 aliphatic rings. The number of nitrogens with zero attached hydrogens (tertiary/aromatic N) is 3.